The van der Waals surface area contributed by atoms with Gasteiger partial charge in [0.1, 0.15) is 12.6 Å². The number of nitrogens with zero attached hydrogens (tertiary/aromatic N) is 6. The number of carboxylic acid groups (broad SMARTS) is 1. The van der Waals surface area contributed by atoms with Crippen molar-refractivity contribution in [2.45, 2.75) is 45.1 Å². The smallest absolute Gasteiger partial charge is 0.475 e. The molecule has 45 heavy (non-hydrogen) atoms. The van der Waals surface area contributed by atoms with Crippen LogP contribution in [0.5, 0.6) is 0 Å². The normalized spacial score (nSPS) is 18.6. The second kappa shape index (κ2) is 13.2. The lowest BCUT2D eigenvalue weighted by Crippen LogP contribution is -2.54. The number of benzene rings is 1. The number of carbonyl (C=O) groups excluding carboxylic acids is 6. The maximum absolute atomic E-state index is 13.2. The molecule has 4 heterocycles. The molecule has 0 aliphatic carbocycles. The molecule has 6 amide bonds. The first-order chi connectivity index (χ1) is 21.1. The largest absolute Gasteiger partial charge is 0.490 e. The molecular formula is C26H27F3N8O8. The first kappa shape index (κ1) is 32.7. The molecule has 0 saturated carbocycles. The van der Waals surface area contributed by atoms with E-state index in [-0.39, 0.29) is 42.1 Å². The molecule has 0 radical (unpaired) electrons. The summed E-state index contributed by atoms with van der Waals surface area (Å²) in [6.07, 6.45) is -3.37. The van der Waals surface area contributed by atoms with Gasteiger partial charge in [-0.15, -0.1) is 5.10 Å². The van der Waals surface area contributed by atoms with E-state index in [1.165, 1.54) is 22.9 Å². The van der Waals surface area contributed by atoms with Crippen molar-refractivity contribution < 1.29 is 51.8 Å². The number of piperazine rings is 1. The fraction of sp³-hybridized carbons (Fsp3) is 0.423. The van der Waals surface area contributed by atoms with Crippen LogP contribution in [-0.4, -0.2) is 115 Å². The monoisotopic (exact) mass is 636 g/mol. The minimum absolute atomic E-state index is 0.000433. The van der Waals surface area contributed by atoms with E-state index in [0.29, 0.717) is 38.4 Å². The zero-order valence-corrected chi connectivity index (χ0v) is 23.7. The highest BCUT2D eigenvalue weighted by molar-refractivity contribution is 6.26. The molecule has 3 aliphatic heterocycles. The minimum atomic E-state index is -5.08. The van der Waals surface area contributed by atoms with E-state index in [4.69, 9.17) is 9.90 Å². The first-order valence-electron chi connectivity index (χ1n) is 13.5. The highest BCUT2D eigenvalue weighted by Gasteiger charge is 2.45. The van der Waals surface area contributed by atoms with Gasteiger partial charge in [-0.05, 0) is 18.6 Å². The molecule has 0 bridgehead atoms. The fourth-order valence-corrected chi connectivity index (χ4v) is 4.89. The minimum Gasteiger partial charge on any atom is -0.475 e. The molecule has 1 aromatic carbocycles. The Hall–Kier alpha value is -5.20. The van der Waals surface area contributed by atoms with E-state index in [1.807, 2.05) is 0 Å². The van der Waals surface area contributed by atoms with E-state index in [2.05, 4.69) is 25.8 Å². The Labute approximate surface area is 252 Å². The second-order valence-corrected chi connectivity index (χ2v) is 10.2. The summed E-state index contributed by atoms with van der Waals surface area (Å²) in [4.78, 5) is 87.9. The third kappa shape index (κ3) is 7.66. The summed E-state index contributed by atoms with van der Waals surface area (Å²) >= 11 is 0. The number of aliphatic carboxylic acids is 1. The van der Waals surface area contributed by atoms with E-state index in [9.17, 15) is 41.9 Å². The zero-order chi connectivity index (χ0) is 33.1. The van der Waals surface area contributed by atoms with Gasteiger partial charge in [0.25, 0.3) is 11.8 Å². The SMILES string of the molecule is CC(=O)N1CCN(Cc2cn(CC(=O)Nc3cccc4c3C(=O)N(C3CCC(=O)NC3=O)C4=O)nn2)CC1.O=C(O)C(F)(F)F. The summed E-state index contributed by atoms with van der Waals surface area (Å²) in [7, 11) is 0. The molecule has 5 rings (SSSR count). The van der Waals surface area contributed by atoms with Gasteiger partial charge >= 0.3 is 12.1 Å². The number of anilines is 1. The molecule has 0 spiro atoms. The van der Waals surface area contributed by atoms with Crippen molar-refractivity contribution >= 4 is 47.1 Å². The van der Waals surface area contributed by atoms with Gasteiger partial charge in [0.05, 0.1) is 28.7 Å². The van der Waals surface area contributed by atoms with Gasteiger partial charge in [-0.1, -0.05) is 11.3 Å². The maximum Gasteiger partial charge on any atom is 0.490 e. The van der Waals surface area contributed by atoms with Crippen LogP contribution >= 0.6 is 0 Å². The van der Waals surface area contributed by atoms with Crippen molar-refractivity contribution in [1.29, 1.82) is 0 Å². The van der Waals surface area contributed by atoms with Crippen molar-refractivity contribution in [3.05, 3.63) is 41.2 Å². The summed E-state index contributed by atoms with van der Waals surface area (Å²) in [5, 5.41) is 20.1. The van der Waals surface area contributed by atoms with E-state index in [1.54, 1.807) is 18.0 Å². The van der Waals surface area contributed by atoms with Crippen molar-refractivity contribution in [3.8, 4) is 0 Å². The molecule has 1 aromatic heterocycles. The van der Waals surface area contributed by atoms with Crippen LogP contribution in [0.15, 0.2) is 24.4 Å². The lowest BCUT2D eigenvalue weighted by molar-refractivity contribution is -0.192. The number of piperidine rings is 1. The van der Waals surface area contributed by atoms with Crippen LogP contribution in [0.2, 0.25) is 0 Å². The van der Waals surface area contributed by atoms with Crippen molar-refractivity contribution in [2.75, 3.05) is 31.5 Å². The number of carbonyl (C=O) groups is 7. The number of fused-ring (bicyclic) bond motifs is 1. The average molecular weight is 637 g/mol. The molecule has 16 nitrogen and oxygen atoms in total. The third-order valence-corrected chi connectivity index (χ3v) is 7.08. The number of hydrogen-bond acceptors (Lipinski definition) is 10. The molecule has 2 aromatic rings. The molecule has 1 unspecified atom stereocenters. The lowest BCUT2D eigenvalue weighted by Gasteiger charge is -2.33. The number of amides is 6. The van der Waals surface area contributed by atoms with Gasteiger partial charge in [-0.3, -0.25) is 43.9 Å². The van der Waals surface area contributed by atoms with Gasteiger partial charge in [0, 0.05) is 46.1 Å². The number of aromatic nitrogens is 3. The molecule has 19 heteroatoms. The number of rotatable bonds is 6. The first-order valence-corrected chi connectivity index (χ1v) is 13.5. The van der Waals surface area contributed by atoms with Crippen LogP contribution < -0.4 is 10.6 Å². The van der Waals surface area contributed by atoms with Crippen LogP contribution in [0.1, 0.15) is 46.2 Å². The van der Waals surface area contributed by atoms with Gasteiger partial charge in [0.2, 0.25) is 23.6 Å². The van der Waals surface area contributed by atoms with Crippen LogP contribution in [0.4, 0.5) is 18.9 Å². The molecule has 3 N–H and O–H groups in total. The Kier molecular flexibility index (Phi) is 9.60. The van der Waals surface area contributed by atoms with Gasteiger partial charge in [-0.25, -0.2) is 9.48 Å². The number of alkyl halides is 3. The van der Waals surface area contributed by atoms with E-state index in [0.717, 1.165) is 4.90 Å². The highest BCUT2D eigenvalue weighted by Crippen LogP contribution is 2.32. The topological polar surface area (TPSA) is 204 Å². The quantitative estimate of drug-likeness (QED) is 0.349. The Balaban J connectivity index is 0.000000591. The number of imide groups is 2. The maximum atomic E-state index is 13.2. The highest BCUT2D eigenvalue weighted by atomic mass is 19.4. The number of hydrogen-bond donors (Lipinski definition) is 3. The van der Waals surface area contributed by atoms with Crippen LogP contribution in [0.3, 0.4) is 0 Å². The Morgan fingerprint density at radius 3 is 2.33 bits per heavy atom. The number of carboxylic acids is 1. The Bertz CT molecular complexity index is 1550. The summed E-state index contributed by atoms with van der Waals surface area (Å²) in [5.41, 5.74) is 0.893. The molecule has 240 valence electrons. The molecule has 1 atom stereocenters. The molecule has 2 fully saturated rings. The summed E-state index contributed by atoms with van der Waals surface area (Å²) in [5.74, 6) is -5.70. The number of nitrogens with one attached hydrogen (secondary N) is 2. The Morgan fingerprint density at radius 2 is 1.73 bits per heavy atom. The van der Waals surface area contributed by atoms with Crippen LogP contribution in [0, 0.1) is 0 Å². The summed E-state index contributed by atoms with van der Waals surface area (Å²) in [6, 6.07) is 3.40. The molecular weight excluding hydrogens is 609 g/mol. The average Bonchev–Trinajstić information content (AvgIpc) is 3.50. The molecule has 3 aliphatic rings. The van der Waals surface area contributed by atoms with Crippen molar-refractivity contribution in [2.24, 2.45) is 0 Å². The van der Waals surface area contributed by atoms with Crippen molar-refractivity contribution in [1.82, 2.24) is 35.0 Å². The van der Waals surface area contributed by atoms with E-state index < -0.39 is 47.7 Å². The zero-order valence-electron chi connectivity index (χ0n) is 23.7. The summed E-state index contributed by atoms with van der Waals surface area (Å²) in [6.45, 7) is 4.65. The van der Waals surface area contributed by atoms with Gasteiger partial charge < -0.3 is 15.3 Å². The third-order valence-electron chi connectivity index (χ3n) is 7.08. The molecule has 2 saturated heterocycles. The van der Waals surface area contributed by atoms with Gasteiger partial charge in [0.15, 0.2) is 0 Å². The van der Waals surface area contributed by atoms with Gasteiger partial charge in [-0.2, -0.15) is 13.2 Å². The van der Waals surface area contributed by atoms with Crippen molar-refractivity contribution in [3.63, 3.8) is 0 Å². The second-order valence-electron chi connectivity index (χ2n) is 10.2. The lowest BCUT2D eigenvalue weighted by atomic mass is 10.0. The Morgan fingerprint density at radius 1 is 1.07 bits per heavy atom. The summed E-state index contributed by atoms with van der Waals surface area (Å²) < 4.78 is 33.1. The number of halogens is 3. The van der Waals surface area contributed by atoms with Crippen LogP contribution in [-0.2, 0) is 37.1 Å². The predicted octanol–water partition coefficient (Wildman–Crippen LogP) is -0.385. The van der Waals surface area contributed by atoms with E-state index >= 15 is 0 Å². The predicted molar refractivity (Wildman–Crippen MR) is 143 cm³/mol. The van der Waals surface area contributed by atoms with Crippen LogP contribution in [0.25, 0.3) is 0 Å². The standard InChI is InChI=1S/C24H26N8O6.C2HF3O2/c1-14(33)30-9-7-29(8-10-30)11-15-12-31(28-27-15)13-20(35)25-17-4-2-3-16-21(17)24(38)32(23(16)37)18-5-6-19(34)26-22(18)36;3-2(4,5)1(6)7/h2-4,12,18H,5-11,13H2,1H3,(H,25,35)(H,26,34,36);(H,6,7). The fourth-order valence-electron chi connectivity index (χ4n) is 4.89.